The van der Waals surface area contributed by atoms with Gasteiger partial charge in [-0.25, -0.2) is 4.98 Å². The van der Waals surface area contributed by atoms with Gasteiger partial charge in [0, 0.05) is 28.7 Å². The van der Waals surface area contributed by atoms with Gasteiger partial charge in [0.05, 0.1) is 18.4 Å². The van der Waals surface area contributed by atoms with Crippen molar-refractivity contribution < 1.29 is 10.2 Å². The van der Waals surface area contributed by atoms with E-state index in [4.69, 9.17) is 10.1 Å². The summed E-state index contributed by atoms with van der Waals surface area (Å²) < 4.78 is 0. The van der Waals surface area contributed by atoms with Gasteiger partial charge in [0.25, 0.3) is 0 Å². The average Bonchev–Trinajstić information content (AvgIpc) is 3.10. The molecule has 3 aromatic rings. The van der Waals surface area contributed by atoms with Crippen LogP contribution in [0.5, 0.6) is 0 Å². The van der Waals surface area contributed by atoms with E-state index in [1.807, 2.05) is 24.3 Å². The molecule has 1 heterocycles. The van der Waals surface area contributed by atoms with Gasteiger partial charge in [-0.2, -0.15) is 0 Å². The SMILES string of the molecule is Cc1ccc(-c2csc(-c3cccc(NCC(O)CO)c3)n2)cc1. The molecule has 1 unspecified atom stereocenters. The van der Waals surface area contributed by atoms with E-state index in [-0.39, 0.29) is 6.61 Å². The van der Waals surface area contributed by atoms with Crippen LogP contribution in [0.3, 0.4) is 0 Å². The van der Waals surface area contributed by atoms with Crippen molar-refractivity contribution in [2.45, 2.75) is 13.0 Å². The van der Waals surface area contributed by atoms with Crippen LogP contribution in [-0.2, 0) is 0 Å². The van der Waals surface area contributed by atoms with Gasteiger partial charge in [0.2, 0.25) is 0 Å². The Morgan fingerprint density at radius 2 is 1.92 bits per heavy atom. The summed E-state index contributed by atoms with van der Waals surface area (Å²) in [7, 11) is 0. The van der Waals surface area contributed by atoms with Gasteiger partial charge in [-0.15, -0.1) is 11.3 Å². The minimum atomic E-state index is -0.762. The first-order valence-electron chi connectivity index (χ1n) is 7.81. The summed E-state index contributed by atoms with van der Waals surface area (Å²) in [5.41, 5.74) is 5.25. The number of benzene rings is 2. The predicted octanol–water partition coefficient (Wildman–Crippen LogP) is 3.55. The summed E-state index contributed by atoms with van der Waals surface area (Å²) in [6.45, 7) is 2.13. The largest absolute Gasteiger partial charge is 0.394 e. The lowest BCUT2D eigenvalue weighted by molar-refractivity contribution is 0.105. The molecule has 1 aromatic heterocycles. The van der Waals surface area contributed by atoms with E-state index >= 15 is 0 Å². The quantitative estimate of drug-likeness (QED) is 0.642. The zero-order chi connectivity index (χ0) is 16.9. The zero-order valence-electron chi connectivity index (χ0n) is 13.4. The van der Waals surface area contributed by atoms with E-state index in [0.29, 0.717) is 6.54 Å². The monoisotopic (exact) mass is 340 g/mol. The molecule has 0 aliphatic heterocycles. The van der Waals surface area contributed by atoms with Crippen LogP contribution < -0.4 is 5.32 Å². The summed E-state index contributed by atoms with van der Waals surface area (Å²) in [5.74, 6) is 0. The maximum Gasteiger partial charge on any atom is 0.124 e. The summed E-state index contributed by atoms with van der Waals surface area (Å²) in [6.07, 6.45) is -0.762. The molecule has 3 N–H and O–H groups in total. The standard InChI is InChI=1S/C19H20N2O2S/c1-13-5-7-14(8-6-13)18-12-24-19(21-18)15-3-2-4-16(9-15)20-10-17(23)11-22/h2-9,12,17,20,22-23H,10-11H2,1H3. The zero-order valence-corrected chi connectivity index (χ0v) is 14.3. The van der Waals surface area contributed by atoms with Crippen molar-refractivity contribution in [2.75, 3.05) is 18.5 Å². The van der Waals surface area contributed by atoms with Crippen molar-refractivity contribution in [1.82, 2.24) is 4.98 Å². The molecule has 24 heavy (non-hydrogen) atoms. The number of aliphatic hydroxyl groups is 2. The van der Waals surface area contributed by atoms with Crippen LogP contribution in [0, 0.1) is 6.92 Å². The van der Waals surface area contributed by atoms with Crippen LogP contribution in [-0.4, -0.2) is 34.5 Å². The number of nitrogens with one attached hydrogen (secondary N) is 1. The predicted molar refractivity (Wildman–Crippen MR) is 99.3 cm³/mol. The fourth-order valence-corrected chi connectivity index (χ4v) is 3.15. The lowest BCUT2D eigenvalue weighted by Crippen LogP contribution is -2.22. The van der Waals surface area contributed by atoms with Crippen molar-refractivity contribution >= 4 is 17.0 Å². The lowest BCUT2D eigenvalue weighted by atomic mass is 10.1. The molecule has 0 saturated heterocycles. The average molecular weight is 340 g/mol. The van der Waals surface area contributed by atoms with E-state index in [0.717, 1.165) is 27.5 Å². The maximum absolute atomic E-state index is 9.43. The van der Waals surface area contributed by atoms with Crippen molar-refractivity contribution in [3.63, 3.8) is 0 Å². The number of anilines is 1. The van der Waals surface area contributed by atoms with Crippen LogP contribution in [0.2, 0.25) is 0 Å². The van der Waals surface area contributed by atoms with E-state index in [2.05, 4.69) is 41.9 Å². The number of rotatable bonds is 6. The Kier molecular flexibility index (Phi) is 5.25. The van der Waals surface area contributed by atoms with Crippen LogP contribution in [0.1, 0.15) is 5.56 Å². The number of nitrogens with zero attached hydrogens (tertiary/aromatic N) is 1. The minimum absolute atomic E-state index is 0.251. The third-order valence-electron chi connectivity index (χ3n) is 3.71. The number of aromatic nitrogens is 1. The Balaban J connectivity index is 1.78. The summed E-state index contributed by atoms with van der Waals surface area (Å²) in [5, 5.41) is 24.4. The Morgan fingerprint density at radius 1 is 1.12 bits per heavy atom. The van der Waals surface area contributed by atoms with Crippen molar-refractivity contribution in [2.24, 2.45) is 0 Å². The van der Waals surface area contributed by atoms with Crippen molar-refractivity contribution in [1.29, 1.82) is 0 Å². The molecule has 0 spiro atoms. The van der Waals surface area contributed by atoms with E-state index in [9.17, 15) is 5.11 Å². The molecule has 1 atom stereocenters. The van der Waals surface area contributed by atoms with E-state index in [1.54, 1.807) is 11.3 Å². The first-order chi connectivity index (χ1) is 11.7. The molecule has 4 nitrogen and oxygen atoms in total. The molecule has 0 bridgehead atoms. The number of aryl methyl sites for hydroxylation is 1. The lowest BCUT2D eigenvalue weighted by Gasteiger charge is -2.10. The molecule has 5 heteroatoms. The summed E-state index contributed by atoms with van der Waals surface area (Å²) in [4.78, 5) is 4.73. The topological polar surface area (TPSA) is 65.4 Å². The highest BCUT2D eigenvalue weighted by Crippen LogP contribution is 2.30. The van der Waals surface area contributed by atoms with Crippen molar-refractivity contribution in [3.8, 4) is 21.8 Å². The highest BCUT2D eigenvalue weighted by Gasteiger charge is 2.08. The molecule has 124 valence electrons. The van der Waals surface area contributed by atoms with Gasteiger partial charge in [-0.05, 0) is 19.1 Å². The second-order valence-corrected chi connectivity index (χ2v) is 6.56. The van der Waals surface area contributed by atoms with Crippen LogP contribution in [0.25, 0.3) is 21.8 Å². The Labute approximate surface area is 145 Å². The Hall–Kier alpha value is -2.21. The van der Waals surface area contributed by atoms with Gasteiger partial charge in [-0.3, -0.25) is 0 Å². The second kappa shape index (κ2) is 7.57. The van der Waals surface area contributed by atoms with Gasteiger partial charge < -0.3 is 15.5 Å². The minimum Gasteiger partial charge on any atom is -0.394 e. The van der Waals surface area contributed by atoms with Gasteiger partial charge in [0.15, 0.2) is 0 Å². The molecule has 3 rings (SSSR count). The molecule has 0 radical (unpaired) electrons. The first-order valence-corrected chi connectivity index (χ1v) is 8.69. The van der Waals surface area contributed by atoms with Gasteiger partial charge in [-0.1, -0.05) is 42.0 Å². The Bertz CT molecular complexity index is 799. The fraction of sp³-hybridized carbons (Fsp3) is 0.211. The third kappa shape index (κ3) is 4.00. The number of aliphatic hydroxyl groups excluding tert-OH is 2. The maximum atomic E-state index is 9.43. The highest BCUT2D eigenvalue weighted by molar-refractivity contribution is 7.13. The van der Waals surface area contributed by atoms with Crippen LogP contribution in [0.4, 0.5) is 5.69 Å². The molecule has 0 saturated carbocycles. The smallest absolute Gasteiger partial charge is 0.124 e. The third-order valence-corrected chi connectivity index (χ3v) is 4.60. The first kappa shape index (κ1) is 16.6. The Morgan fingerprint density at radius 3 is 2.67 bits per heavy atom. The summed E-state index contributed by atoms with van der Waals surface area (Å²) >= 11 is 1.61. The molecular formula is C19H20N2O2S. The van der Waals surface area contributed by atoms with E-state index < -0.39 is 6.10 Å². The fourth-order valence-electron chi connectivity index (χ4n) is 2.33. The van der Waals surface area contributed by atoms with Gasteiger partial charge >= 0.3 is 0 Å². The molecule has 0 amide bonds. The molecule has 0 aliphatic carbocycles. The highest BCUT2D eigenvalue weighted by atomic mass is 32.1. The number of hydrogen-bond donors (Lipinski definition) is 3. The van der Waals surface area contributed by atoms with Crippen LogP contribution in [0.15, 0.2) is 53.9 Å². The summed E-state index contributed by atoms with van der Waals surface area (Å²) in [6, 6.07) is 16.3. The second-order valence-electron chi connectivity index (χ2n) is 5.70. The van der Waals surface area contributed by atoms with Crippen molar-refractivity contribution in [3.05, 3.63) is 59.5 Å². The van der Waals surface area contributed by atoms with Crippen LogP contribution >= 0.6 is 11.3 Å². The molecule has 2 aromatic carbocycles. The van der Waals surface area contributed by atoms with Gasteiger partial charge in [0.1, 0.15) is 5.01 Å². The molecular weight excluding hydrogens is 320 g/mol. The van der Waals surface area contributed by atoms with E-state index in [1.165, 1.54) is 5.56 Å². The normalized spacial score (nSPS) is 12.1. The molecule has 0 fully saturated rings. The molecule has 0 aliphatic rings. The number of hydrogen-bond acceptors (Lipinski definition) is 5. The number of thiazole rings is 1.